The van der Waals surface area contributed by atoms with E-state index in [2.05, 4.69) is 15.5 Å². The summed E-state index contributed by atoms with van der Waals surface area (Å²) in [5.74, 6) is -0.0926. The first-order valence-electron chi connectivity index (χ1n) is 9.99. The summed E-state index contributed by atoms with van der Waals surface area (Å²) in [6.45, 7) is 5.49. The van der Waals surface area contributed by atoms with Crippen molar-refractivity contribution >= 4 is 46.3 Å². The number of amides is 1. The van der Waals surface area contributed by atoms with Gasteiger partial charge in [-0.25, -0.2) is 0 Å². The van der Waals surface area contributed by atoms with Gasteiger partial charge in [-0.15, -0.1) is 5.11 Å². The highest BCUT2D eigenvalue weighted by atomic mass is 35.5. The van der Waals surface area contributed by atoms with Crippen LogP contribution in [0.15, 0.2) is 34.5 Å². The second kappa shape index (κ2) is 12.3. The number of azo groups is 1. The van der Waals surface area contributed by atoms with E-state index < -0.39 is 17.7 Å². The number of rotatable bonds is 11. The first-order chi connectivity index (χ1) is 15.8. The van der Waals surface area contributed by atoms with Gasteiger partial charge in [0.1, 0.15) is 10.8 Å². The molecule has 1 amide bonds. The average molecular weight is 498 g/mol. The highest BCUT2D eigenvalue weighted by Gasteiger charge is 2.26. The number of anilines is 1. The molecule has 178 valence electrons. The molecule has 0 fully saturated rings. The van der Waals surface area contributed by atoms with Crippen molar-refractivity contribution < 1.29 is 28.5 Å². The molecule has 9 nitrogen and oxygen atoms in total. The summed E-state index contributed by atoms with van der Waals surface area (Å²) in [7, 11) is 2.85. The molecule has 11 heteroatoms. The molecule has 1 atom stereocenters. The third-order valence-electron chi connectivity index (χ3n) is 4.25. The van der Waals surface area contributed by atoms with Crippen LogP contribution in [-0.2, 0) is 9.59 Å². The molecule has 0 saturated heterocycles. The van der Waals surface area contributed by atoms with Crippen LogP contribution < -0.4 is 24.3 Å². The molecule has 1 unspecified atom stereocenters. The Bertz CT molecular complexity index is 1020. The molecule has 0 aliphatic heterocycles. The Kier molecular flexibility index (Phi) is 9.74. The fourth-order valence-electron chi connectivity index (χ4n) is 2.81. The molecule has 0 bridgehead atoms. The van der Waals surface area contributed by atoms with Gasteiger partial charge in [0, 0.05) is 17.2 Å². The molecule has 1 N–H and O–H groups in total. The van der Waals surface area contributed by atoms with Crippen LogP contribution in [0.25, 0.3) is 0 Å². The normalized spacial score (nSPS) is 11.7. The summed E-state index contributed by atoms with van der Waals surface area (Å²) in [4.78, 5) is 25.1. The molecule has 2 rings (SSSR count). The highest BCUT2D eigenvalue weighted by Crippen LogP contribution is 2.42. The van der Waals surface area contributed by atoms with E-state index in [1.807, 2.05) is 0 Å². The van der Waals surface area contributed by atoms with Crippen molar-refractivity contribution in [2.75, 3.05) is 32.8 Å². The molecule has 0 saturated carbocycles. The fraction of sp³-hybridized carbons (Fsp3) is 0.364. The van der Waals surface area contributed by atoms with Crippen molar-refractivity contribution in [3.8, 4) is 23.0 Å². The van der Waals surface area contributed by atoms with Gasteiger partial charge >= 0.3 is 0 Å². The zero-order valence-corrected chi connectivity index (χ0v) is 20.4. The van der Waals surface area contributed by atoms with Gasteiger partial charge in [0.05, 0.1) is 33.1 Å². The number of halogens is 2. The van der Waals surface area contributed by atoms with Crippen molar-refractivity contribution in [1.82, 2.24) is 0 Å². The summed E-state index contributed by atoms with van der Waals surface area (Å²) in [5.41, 5.74) is 0.457. The zero-order chi connectivity index (χ0) is 24.5. The van der Waals surface area contributed by atoms with Gasteiger partial charge in [0.2, 0.25) is 6.04 Å². The van der Waals surface area contributed by atoms with Crippen molar-refractivity contribution in [1.29, 1.82) is 0 Å². The third-order valence-corrected chi connectivity index (χ3v) is 4.83. The molecule has 0 spiro atoms. The van der Waals surface area contributed by atoms with E-state index in [0.29, 0.717) is 35.5 Å². The van der Waals surface area contributed by atoms with Crippen LogP contribution in [0.4, 0.5) is 11.4 Å². The molecule has 0 heterocycles. The number of ketones is 1. The Hall–Kier alpha value is -3.04. The monoisotopic (exact) mass is 497 g/mol. The molecule has 0 aromatic heterocycles. The SMILES string of the molecule is CCOc1cc(Cl)cc(OCC)c1N=NC(C(C)=O)C(=O)Nc1ccc(OC)c(Cl)c1OC. The van der Waals surface area contributed by atoms with Crippen molar-refractivity contribution in [2.45, 2.75) is 26.8 Å². The minimum Gasteiger partial charge on any atom is -0.495 e. The predicted octanol–water partition coefficient (Wildman–Crippen LogP) is 5.49. The van der Waals surface area contributed by atoms with Gasteiger partial charge in [0.25, 0.3) is 5.91 Å². The molecule has 0 radical (unpaired) electrons. The largest absolute Gasteiger partial charge is 0.495 e. The fourth-order valence-corrected chi connectivity index (χ4v) is 3.33. The van der Waals surface area contributed by atoms with Crippen LogP contribution in [0, 0.1) is 0 Å². The van der Waals surface area contributed by atoms with Gasteiger partial charge in [-0.2, -0.15) is 5.11 Å². The van der Waals surface area contributed by atoms with Crippen LogP contribution in [-0.4, -0.2) is 45.2 Å². The first-order valence-corrected chi connectivity index (χ1v) is 10.7. The van der Waals surface area contributed by atoms with E-state index in [1.54, 1.807) is 32.0 Å². The number of Topliss-reactive ketones (excluding diaryl/α,β-unsaturated/α-hetero) is 1. The Morgan fingerprint density at radius 3 is 2.09 bits per heavy atom. The van der Waals surface area contributed by atoms with Gasteiger partial charge in [-0.1, -0.05) is 23.2 Å². The average Bonchev–Trinajstić information content (AvgIpc) is 2.76. The lowest BCUT2D eigenvalue weighted by molar-refractivity contribution is -0.126. The Morgan fingerprint density at radius 1 is 1.00 bits per heavy atom. The number of carbonyl (C=O) groups is 2. The molecule has 2 aromatic rings. The second-order valence-corrected chi connectivity index (χ2v) is 7.31. The number of methoxy groups -OCH3 is 2. The number of nitrogens with zero attached hydrogens (tertiary/aromatic N) is 2. The third kappa shape index (κ3) is 6.49. The molecule has 2 aromatic carbocycles. The topological polar surface area (TPSA) is 108 Å². The standard InChI is InChI=1S/C22H25Cl2N3O6/c1-6-32-16-10-13(23)11-17(33-7-2)20(16)27-26-19(12(3)28)22(29)25-14-8-9-15(30-4)18(24)21(14)31-5/h8-11,19H,6-7H2,1-5H3,(H,25,29). The maximum atomic E-state index is 12.9. The van der Waals surface area contributed by atoms with Crippen LogP contribution in [0.3, 0.4) is 0 Å². The molecular weight excluding hydrogens is 473 g/mol. The molecule has 33 heavy (non-hydrogen) atoms. The summed E-state index contributed by atoms with van der Waals surface area (Å²) in [6, 6.07) is 4.75. The number of hydrogen-bond donors (Lipinski definition) is 1. The van der Waals surface area contributed by atoms with Crippen molar-refractivity contribution in [2.24, 2.45) is 10.2 Å². The number of hydrogen-bond acceptors (Lipinski definition) is 8. The first kappa shape index (κ1) is 26.2. The lowest BCUT2D eigenvalue weighted by Gasteiger charge is -2.16. The summed E-state index contributed by atoms with van der Waals surface area (Å²) < 4.78 is 21.6. The maximum absolute atomic E-state index is 12.9. The van der Waals surface area contributed by atoms with Crippen LogP contribution in [0.2, 0.25) is 10.0 Å². The van der Waals surface area contributed by atoms with E-state index in [-0.39, 0.29) is 22.1 Å². The summed E-state index contributed by atoms with van der Waals surface area (Å²) >= 11 is 12.4. The minimum atomic E-state index is -1.45. The summed E-state index contributed by atoms with van der Waals surface area (Å²) in [5, 5.41) is 11.2. The van der Waals surface area contributed by atoms with E-state index in [9.17, 15) is 9.59 Å². The quantitative estimate of drug-likeness (QED) is 0.324. The van der Waals surface area contributed by atoms with Crippen LogP contribution in [0.5, 0.6) is 23.0 Å². The van der Waals surface area contributed by atoms with Crippen molar-refractivity contribution in [3.63, 3.8) is 0 Å². The van der Waals surface area contributed by atoms with E-state index in [1.165, 1.54) is 27.2 Å². The predicted molar refractivity (Wildman–Crippen MR) is 126 cm³/mol. The highest BCUT2D eigenvalue weighted by molar-refractivity contribution is 6.34. The second-order valence-electron chi connectivity index (χ2n) is 6.50. The smallest absolute Gasteiger partial charge is 0.258 e. The maximum Gasteiger partial charge on any atom is 0.258 e. The zero-order valence-electron chi connectivity index (χ0n) is 18.9. The molecule has 0 aliphatic rings. The van der Waals surface area contributed by atoms with Gasteiger partial charge in [-0.3, -0.25) is 9.59 Å². The van der Waals surface area contributed by atoms with Gasteiger partial charge in [-0.05, 0) is 32.9 Å². The number of ether oxygens (including phenoxy) is 4. The lowest BCUT2D eigenvalue weighted by Crippen LogP contribution is -2.32. The Balaban J connectivity index is 2.40. The van der Waals surface area contributed by atoms with E-state index in [0.717, 1.165) is 0 Å². The number of benzene rings is 2. The molecular formula is C22H25Cl2N3O6. The van der Waals surface area contributed by atoms with Gasteiger partial charge < -0.3 is 24.3 Å². The van der Waals surface area contributed by atoms with Crippen molar-refractivity contribution in [3.05, 3.63) is 34.3 Å². The Labute approximate surface area is 202 Å². The minimum absolute atomic E-state index is 0.169. The lowest BCUT2D eigenvalue weighted by atomic mass is 10.2. The molecule has 0 aliphatic carbocycles. The van der Waals surface area contributed by atoms with Crippen LogP contribution in [0.1, 0.15) is 20.8 Å². The Morgan fingerprint density at radius 2 is 1.61 bits per heavy atom. The number of nitrogens with one attached hydrogen (secondary N) is 1. The van der Waals surface area contributed by atoms with E-state index >= 15 is 0 Å². The van der Waals surface area contributed by atoms with Gasteiger partial charge in [0.15, 0.2) is 28.7 Å². The summed E-state index contributed by atoms with van der Waals surface area (Å²) in [6.07, 6.45) is 0. The number of carbonyl (C=O) groups excluding carboxylic acids is 2. The van der Waals surface area contributed by atoms with E-state index in [4.69, 9.17) is 42.1 Å². The van der Waals surface area contributed by atoms with Crippen LogP contribution >= 0.6 is 23.2 Å².